The number of amides is 1. The number of nitrogens with zero attached hydrogens (tertiary/aromatic N) is 1. The molecule has 0 saturated carbocycles. The summed E-state index contributed by atoms with van der Waals surface area (Å²) >= 11 is 0. The van der Waals surface area contributed by atoms with Crippen LogP contribution >= 0.6 is 0 Å². The van der Waals surface area contributed by atoms with Crippen molar-refractivity contribution in [2.75, 3.05) is 13.6 Å². The molecule has 0 aromatic heterocycles. The van der Waals surface area contributed by atoms with Gasteiger partial charge in [-0.2, -0.15) is 0 Å². The minimum Gasteiger partial charge on any atom is -0.340 e. The van der Waals surface area contributed by atoms with Crippen molar-refractivity contribution in [3.63, 3.8) is 0 Å². The molecule has 1 N–H and O–H groups in total. The first-order valence-electron chi connectivity index (χ1n) is 6.87. The second-order valence-corrected chi connectivity index (χ2v) is 5.63. The van der Waals surface area contributed by atoms with E-state index in [0.717, 1.165) is 37.9 Å². The predicted octanol–water partition coefficient (Wildman–Crippen LogP) is 2.46. The Balaban J connectivity index is 2.05. The topological polar surface area (TPSA) is 32.3 Å². The van der Waals surface area contributed by atoms with Gasteiger partial charge in [0.1, 0.15) is 0 Å². The molecule has 1 aromatic rings. The fourth-order valence-corrected chi connectivity index (χ4v) is 2.64. The summed E-state index contributed by atoms with van der Waals surface area (Å²) in [5.74, 6) is -1.77. The van der Waals surface area contributed by atoms with E-state index in [1.165, 1.54) is 6.07 Å². The van der Waals surface area contributed by atoms with E-state index in [1.54, 1.807) is 11.9 Å². The van der Waals surface area contributed by atoms with Crippen molar-refractivity contribution in [1.29, 1.82) is 0 Å². The lowest BCUT2D eigenvalue weighted by Gasteiger charge is -2.36. The van der Waals surface area contributed by atoms with Gasteiger partial charge in [-0.1, -0.05) is 6.07 Å². The Morgan fingerprint density at radius 3 is 2.70 bits per heavy atom. The van der Waals surface area contributed by atoms with Crippen molar-refractivity contribution in [2.24, 2.45) is 0 Å². The number of rotatable bonds is 3. The molecular weight excluding hydrogens is 262 g/mol. The summed E-state index contributed by atoms with van der Waals surface area (Å²) in [6.45, 7) is 3.00. The Morgan fingerprint density at radius 1 is 1.35 bits per heavy atom. The molecule has 1 aliphatic rings. The second-order valence-electron chi connectivity index (χ2n) is 5.63. The lowest BCUT2D eigenvalue weighted by Crippen LogP contribution is -2.57. The van der Waals surface area contributed by atoms with Gasteiger partial charge < -0.3 is 10.2 Å². The maximum Gasteiger partial charge on any atom is 0.242 e. The fourth-order valence-electron chi connectivity index (χ4n) is 2.64. The average molecular weight is 282 g/mol. The molecule has 2 rings (SSSR count). The number of nitrogens with one attached hydrogen (secondary N) is 1. The minimum atomic E-state index is -0.884. The van der Waals surface area contributed by atoms with Crippen LogP contribution in [0.1, 0.15) is 31.7 Å². The van der Waals surface area contributed by atoms with Gasteiger partial charge in [-0.15, -0.1) is 0 Å². The zero-order valence-corrected chi connectivity index (χ0v) is 11.9. The third-order valence-corrected chi connectivity index (χ3v) is 3.84. The van der Waals surface area contributed by atoms with E-state index < -0.39 is 17.2 Å². The van der Waals surface area contributed by atoms with E-state index in [4.69, 9.17) is 0 Å². The van der Waals surface area contributed by atoms with Crippen molar-refractivity contribution in [3.05, 3.63) is 35.4 Å². The normalized spacial score (nSPS) is 22.6. The zero-order valence-electron chi connectivity index (χ0n) is 11.9. The number of benzene rings is 1. The molecule has 1 aliphatic heterocycles. The molecule has 1 aromatic carbocycles. The molecule has 0 radical (unpaired) electrons. The number of halogens is 2. The quantitative estimate of drug-likeness (QED) is 0.923. The molecule has 1 saturated heterocycles. The molecule has 0 aliphatic carbocycles. The van der Waals surface area contributed by atoms with Crippen molar-refractivity contribution in [1.82, 2.24) is 10.2 Å². The Kier molecular flexibility index (Phi) is 4.38. The first-order chi connectivity index (χ1) is 9.42. The number of piperidine rings is 1. The van der Waals surface area contributed by atoms with Gasteiger partial charge in [0, 0.05) is 13.6 Å². The van der Waals surface area contributed by atoms with E-state index in [1.807, 2.05) is 6.92 Å². The van der Waals surface area contributed by atoms with Crippen LogP contribution in [-0.4, -0.2) is 29.9 Å². The van der Waals surface area contributed by atoms with Gasteiger partial charge in [-0.3, -0.25) is 4.79 Å². The zero-order chi connectivity index (χ0) is 14.8. The van der Waals surface area contributed by atoms with E-state index >= 15 is 0 Å². The van der Waals surface area contributed by atoms with Crippen molar-refractivity contribution in [3.8, 4) is 0 Å². The summed E-state index contributed by atoms with van der Waals surface area (Å²) in [5.41, 5.74) is 0.0325. The Labute approximate surface area is 118 Å². The van der Waals surface area contributed by atoms with Gasteiger partial charge in [0.25, 0.3) is 0 Å². The molecule has 20 heavy (non-hydrogen) atoms. The van der Waals surface area contributed by atoms with Gasteiger partial charge in [0.05, 0.1) is 5.54 Å². The third-order valence-electron chi connectivity index (χ3n) is 3.84. The van der Waals surface area contributed by atoms with E-state index in [0.29, 0.717) is 5.56 Å². The van der Waals surface area contributed by atoms with E-state index in [-0.39, 0.29) is 12.5 Å². The molecule has 1 unspecified atom stereocenters. The lowest BCUT2D eigenvalue weighted by atomic mass is 9.89. The monoisotopic (exact) mass is 282 g/mol. The summed E-state index contributed by atoms with van der Waals surface area (Å²) < 4.78 is 26.1. The summed E-state index contributed by atoms with van der Waals surface area (Å²) in [4.78, 5) is 14.0. The fraction of sp³-hybridized carbons (Fsp3) is 0.533. The first-order valence-corrected chi connectivity index (χ1v) is 6.87. The largest absolute Gasteiger partial charge is 0.340 e. The second kappa shape index (κ2) is 5.87. The van der Waals surface area contributed by atoms with Gasteiger partial charge in [0.15, 0.2) is 11.6 Å². The Hall–Kier alpha value is -1.49. The molecule has 1 amide bonds. The SMILES string of the molecule is CN(Cc1ccc(F)c(F)c1)C(=O)C1(C)CCCCN1. The average Bonchev–Trinajstić information content (AvgIpc) is 2.43. The molecular formula is C15H20F2N2O. The third kappa shape index (κ3) is 3.15. The number of carbonyl (C=O) groups excluding carboxylic acids is 1. The number of likely N-dealkylation sites (N-methyl/N-ethyl adjacent to an activating group) is 1. The Morgan fingerprint density at radius 2 is 2.10 bits per heavy atom. The van der Waals surface area contributed by atoms with E-state index in [2.05, 4.69) is 5.32 Å². The van der Waals surface area contributed by atoms with Crippen LogP contribution in [0.2, 0.25) is 0 Å². The Bertz CT molecular complexity index is 499. The summed E-state index contributed by atoms with van der Waals surface area (Å²) in [7, 11) is 1.69. The molecule has 5 heteroatoms. The first kappa shape index (κ1) is 14.9. The van der Waals surface area contributed by atoms with Crippen LogP contribution in [0.25, 0.3) is 0 Å². The number of hydrogen-bond acceptors (Lipinski definition) is 2. The highest BCUT2D eigenvalue weighted by Gasteiger charge is 2.36. The highest BCUT2D eigenvalue weighted by atomic mass is 19.2. The van der Waals surface area contributed by atoms with Crippen LogP contribution < -0.4 is 5.32 Å². The smallest absolute Gasteiger partial charge is 0.242 e. The van der Waals surface area contributed by atoms with Crippen molar-refractivity contribution >= 4 is 5.91 Å². The molecule has 1 atom stereocenters. The summed E-state index contributed by atoms with van der Waals surface area (Å²) in [6.07, 6.45) is 2.90. The summed E-state index contributed by atoms with van der Waals surface area (Å²) in [6, 6.07) is 3.72. The predicted molar refractivity (Wildman–Crippen MR) is 73.1 cm³/mol. The highest BCUT2D eigenvalue weighted by molar-refractivity contribution is 5.85. The van der Waals surface area contributed by atoms with Gasteiger partial charge >= 0.3 is 0 Å². The molecule has 110 valence electrons. The minimum absolute atomic E-state index is 0.0121. The van der Waals surface area contributed by atoms with Gasteiger partial charge in [-0.05, 0) is 50.4 Å². The van der Waals surface area contributed by atoms with Crippen LogP contribution in [0.5, 0.6) is 0 Å². The van der Waals surface area contributed by atoms with Crippen LogP contribution in [0.15, 0.2) is 18.2 Å². The maximum absolute atomic E-state index is 13.2. The lowest BCUT2D eigenvalue weighted by molar-refractivity contribution is -0.137. The molecule has 0 bridgehead atoms. The summed E-state index contributed by atoms with van der Waals surface area (Å²) in [5, 5.41) is 3.26. The van der Waals surface area contributed by atoms with Crippen LogP contribution in [0.3, 0.4) is 0 Å². The number of carbonyl (C=O) groups is 1. The standard InChI is InChI=1S/C15H20F2N2O/c1-15(7-3-4-8-18-15)14(20)19(2)10-11-5-6-12(16)13(17)9-11/h5-6,9,18H,3-4,7-8,10H2,1-2H3. The van der Waals surface area contributed by atoms with Crippen LogP contribution in [0, 0.1) is 11.6 Å². The highest BCUT2D eigenvalue weighted by Crippen LogP contribution is 2.22. The maximum atomic E-state index is 13.2. The van der Waals surface area contributed by atoms with E-state index in [9.17, 15) is 13.6 Å². The van der Waals surface area contributed by atoms with Gasteiger partial charge in [-0.25, -0.2) is 8.78 Å². The van der Waals surface area contributed by atoms with Gasteiger partial charge in [0.2, 0.25) is 5.91 Å². The van der Waals surface area contributed by atoms with Crippen LogP contribution in [-0.2, 0) is 11.3 Å². The van der Waals surface area contributed by atoms with Crippen molar-refractivity contribution in [2.45, 2.75) is 38.3 Å². The van der Waals surface area contributed by atoms with Crippen molar-refractivity contribution < 1.29 is 13.6 Å². The molecule has 3 nitrogen and oxygen atoms in total. The molecule has 0 spiro atoms. The van der Waals surface area contributed by atoms with Crippen LogP contribution in [0.4, 0.5) is 8.78 Å². The number of hydrogen-bond donors (Lipinski definition) is 1. The molecule has 1 fully saturated rings. The molecule has 1 heterocycles.